The van der Waals surface area contributed by atoms with E-state index in [0.717, 1.165) is 0 Å². The van der Waals surface area contributed by atoms with Gasteiger partial charge in [-0.3, -0.25) is 4.79 Å². The first kappa shape index (κ1) is 21.8. The van der Waals surface area contributed by atoms with Gasteiger partial charge in [0.2, 0.25) is 5.91 Å². The number of carbonyl (C=O) groups excluding carboxylic acids is 1. The molecule has 170 valence electrons. The van der Waals surface area contributed by atoms with E-state index in [9.17, 15) is 9.18 Å². The molecule has 0 saturated carbocycles. The van der Waals surface area contributed by atoms with Gasteiger partial charge in [0.25, 0.3) is 0 Å². The molecule has 0 aliphatic rings. The lowest BCUT2D eigenvalue weighted by molar-refractivity contribution is -0.116. The molecule has 0 bridgehead atoms. The predicted molar refractivity (Wildman–Crippen MR) is 113 cm³/mol. The Morgan fingerprint density at radius 3 is 2.58 bits per heavy atom. The fourth-order valence-corrected chi connectivity index (χ4v) is 3.12. The topological polar surface area (TPSA) is 135 Å². The molecule has 33 heavy (non-hydrogen) atoms. The molecule has 0 saturated heterocycles. The van der Waals surface area contributed by atoms with E-state index >= 15 is 0 Å². The summed E-state index contributed by atoms with van der Waals surface area (Å²) in [5.41, 5.74) is 1.11. The number of rotatable bonds is 9. The van der Waals surface area contributed by atoms with E-state index in [1.807, 2.05) is 13.8 Å². The fraction of sp³-hybridized carbons (Fsp3) is 0.250. The van der Waals surface area contributed by atoms with Crippen LogP contribution in [0.25, 0.3) is 17.1 Å². The zero-order chi connectivity index (χ0) is 23.2. The standard InChI is InChI=1S/C20H20FN9O3/c1-3-32-17-10-16(30-12-22-25-27-30)18(33-4-2)9-15(17)23-19(31)11-29-20(24-26-28-29)13-7-5-6-8-14(13)21/h5-10,12H,3-4,11H2,1-2H3,(H,23,31). The van der Waals surface area contributed by atoms with Crippen molar-refractivity contribution in [3.63, 3.8) is 0 Å². The maximum atomic E-state index is 14.2. The number of ether oxygens (including phenoxy) is 2. The van der Waals surface area contributed by atoms with Crippen LogP contribution in [0, 0.1) is 5.82 Å². The summed E-state index contributed by atoms with van der Waals surface area (Å²) in [6, 6.07) is 9.35. The van der Waals surface area contributed by atoms with Crippen molar-refractivity contribution in [3.8, 4) is 28.6 Å². The maximum absolute atomic E-state index is 14.2. The zero-order valence-corrected chi connectivity index (χ0v) is 17.8. The van der Waals surface area contributed by atoms with Gasteiger partial charge in [-0.25, -0.2) is 9.07 Å². The highest BCUT2D eigenvalue weighted by atomic mass is 19.1. The van der Waals surface area contributed by atoms with Gasteiger partial charge in [-0.15, -0.1) is 10.2 Å². The molecular formula is C20H20FN9O3. The molecular weight excluding hydrogens is 433 g/mol. The number of hydrogen-bond acceptors (Lipinski definition) is 9. The average Bonchev–Trinajstić information content (AvgIpc) is 3.48. The second kappa shape index (κ2) is 9.80. The second-order valence-corrected chi connectivity index (χ2v) is 6.62. The van der Waals surface area contributed by atoms with Gasteiger partial charge in [-0.2, -0.15) is 4.68 Å². The summed E-state index contributed by atoms with van der Waals surface area (Å²) < 4.78 is 28.2. The van der Waals surface area contributed by atoms with Crippen molar-refractivity contribution in [3.05, 3.63) is 48.5 Å². The number of hydrogen-bond donors (Lipinski definition) is 1. The molecule has 13 heteroatoms. The number of halogens is 1. The Kier molecular flexibility index (Phi) is 6.48. The Bertz CT molecular complexity index is 1240. The van der Waals surface area contributed by atoms with E-state index in [4.69, 9.17) is 9.47 Å². The molecule has 0 atom stereocenters. The van der Waals surface area contributed by atoms with Crippen molar-refractivity contribution >= 4 is 11.6 Å². The van der Waals surface area contributed by atoms with Crippen LogP contribution in [0.5, 0.6) is 11.5 Å². The summed E-state index contributed by atoms with van der Waals surface area (Å²) in [6.45, 7) is 4.14. The van der Waals surface area contributed by atoms with Gasteiger partial charge in [0.05, 0.1) is 24.5 Å². The van der Waals surface area contributed by atoms with Gasteiger partial charge in [-0.1, -0.05) is 12.1 Å². The van der Waals surface area contributed by atoms with Crippen molar-refractivity contribution in [1.29, 1.82) is 0 Å². The lowest BCUT2D eigenvalue weighted by atomic mass is 10.2. The summed E-state index contributed by atoms with van der Waals surface area (Å²) in [5.74, 6) is 0.0341. The summed E-state index contributed by atoms with van der Waals surface area (Å²) in [7, 11) is 0. The minimum Gasteiger partial charge on any atom is -0.492 e. The molecule has 0 aliphatic carbocycles. The molecule has 4 aromatic rings. The third-order valence-electron chi connectivity index (χ3n) is 4.47. The van der Waals surface area contributed by atoms with Crippen molar-refractivity contribution in [2.24, 2.45) is 0 Å². The highest BCUT2D eigenvalue weighted by Gasteiger charge is 2.19. The maximum Gasteiger partial charge on any atom is 0.246 e. The third-order valence-corrected chi connectivity index (χ3v) is 4.47. The summed E-state index contributed by atoms with van der Waals surface area (Å²) >= 11 is 0. The Balaban J connectivity index is 1.61. The number of nitrogens with one attached hydrogen (secondary N) is 1. The highest BCUT2D eigenvalue weighted by Crippen LogP contribution is 2.35. The molecule has 12 nitrogen and oxygen atoms in total. The first-order valence-electron chi connectivity index (χ1n) is 10.1. The van der Waals surface area contributed by atoms with E-state index in [1.165, 1.54) is 27.8 Å². The van der Waals surface area contributed by atoms with E-state index in [2.05, 4.69) is 36.4 Å². The molecule has 0 spiro atoms. The monoisotopic (exact) mass is 453 g/mol. The molecule has 1 N–H and O–H groups in total. The number of anilines is 1. The Morgan fingerprint density at radius 1 is 1.06 bits per heavy atom. The van der Waals surface area contributed by atoms with Crippen molar-refractivity contribution < 1.29 is 18.7 Å². The summed E-state index contributed by atoms with van der Waals surface area (Å²) in [5, 5.41) is 25.2. The van der Waals surface area contributed by atoms with Crippen LogP contribution in [0.1, 0.15) is 13.8 Å². The molecule has 0 fully saturated rings. The Morgan fingerprint density at radius 2 is 1.85 bits per heavy atom. The van der Waals surface area contributed by atoms with Crippen LogP contribution in [0.4, 0.5) is 10.1 Å². The lowest BCUT2D eigenvalue weighted by Crippen LogP contribution is -2.21. The zero-order valence-electron chi connectivity index (χ0n) is 17.8. The molecule has 2 aromatic heterocycles. The largest absolute Gasteiger partial charge is 0.492 e. The molecule has 0 aliphatic heterocycles. The molecule has 2 heterocycles. The van der Waals surface area contributed by atoms with Crippen molar-refractivity contribution in [1.82, 2.24) is 40.4 Å². The van der Waals surface area contributed by atoms with Crippen LogP contribution >= 0.6 is 0 Å². The fourth-order valence-electron chi connectivity index (χ4n) is 3.12. The van der Waals surface area contributed by atoms with Gasteiger partial charge in [0.1, 0.15) is 35.9 Å². The van der Waals surface area contributed by atoms with Crippen LogP contribution in [-0.2, 0) is 11.3 Å². The van der Waals surface area contributed by atoms with Crippen molar-refractivity contribution in [2.75, 3.05) is 18.5 Å². The first-order chi connectivity index (χ1) is 16.1. The molecule has 1 amide bonds. The summed E-state index contributed by atoms with van der Waals surface area (Å²) in [6.07, 6.45) is 1.42. The minimum absolute atomic E-state index is 0.136. The van der Waals surface area contributed by atoms with Crippen LogP contribution in [0.3, 0.4) is 0 Å². The predicted octanol–water partition coefficient (Wildman–Crippen LogP) is 1.89. The minimum atomic E-state index is -0.493. The smallest absolute Gasteiger partial charge is 0.246 e. The van der Waals surface area contributed by atoms with E-state index < -0.39 is 11.7 Å². The number of tetrazole rings is 2. The van der Waals surface area contributed by atoms with Crippen LogP contribution in [0.2, 0.25) is 0 Å². The van der Waals surface area contributed by atoms with E-state index in [-0.39, 0.29) is 17.9 Å². The Labute approximate surface area is 187 Å². The number of nitrogens with zero attached hydrogens (tertiary/aromatic N) is 8. The lowest BCUT2D eigenvalue weighted by Gasteiger charge is -2.17. The van der Waals surface area contributed by atoms with Gasteiger partial charge in [-0.05, 0) is 46.8 Å². The molecule has 0 radical (unpaired) electrons. The van der Waals surface area contributed by atoms with E-state index in [0.29, 0.717) is 36.1 Å². The Hall–Kier alpha value is -4.42. The first-order valence-corrected chi connectivity index (χ1v) is 10.1. The normalized spacial score (nSPS) is 10.8. The number of carbonyl (C=O) groups is 1. The van der Waals surface area contributed by atoms with E-state index in [1.54, 1.807) is 24.3 Å². The van der Waals surface area contributed by atoms with Gasteiger partial charge >= 0.3 is 0 Å². The molecule has 2 aromatic carbocycles. The third kappa shape index (κ3) is 4.76. The number of benzene rings is 2. The second-order valence-electron chi connectivity index (χ2n) is 6.62. The highest BCUT2D eigenvalue weighted by molar-refractivity contribution is 5.93. The van der Waals surface area contributed by atoms with Crippen LogP contribution in [0.15, 0.2) is 42.7 Å². The SMILES string of the molecule is CCOc1cc(-n2cnnn2)c(OCC)cc1NC(=O)Cn1nnnc1-c1ccccc1F. The van der Waals surface area contributed by atoms with Crippen molar-refractivity contribution in [2.45, 2.75) is 20.4 Å². The number of amides is 1. The van der Waals surface area contributed by atoms with Gasteiger partial charge < -0.3 is 14.8 Å². The van der Waals surface area contributed by atoms with Gasteiger partial charge in [0.15, 0.2) is 5.82 Å². The molecule has 4 rings (SSSR count). The number of aromatic nitrogens is 8. The molecule has 0 unspecified atom stereocenters. The quantitative estimate of drug-likeness (QED) is 0.403. The summed E-state index contributed by atoms with van der Waals surface area (Å²) in [4.78, 5) is 12.8. The average molecular weight is 453 g/mol. The van der Waals surface area contributed by atoms with Crippen LogP contribution in [-0.4, -0.2) is 59.5 Å². The van der Waals surface area contributed by atoms with Crippen LogP contribution < -0.4 is 14.8 Å². The van der Waals surface area contributed by atoms with Gasteiger partial charge in [0, 0.05) is 12.1 Å².